The predicted octanol–water partition coefficient (Wildman–Crippen LogP) is 2.20. The van der Waals surface area contributed by atoms with E-state index in [1.54, 1.807) is 0 Å². The zero-order chi connectivity index (χ0) is 10.2. The minimum atomic E-state index is -2.81. The maximum absolute atomic E-state index is 12.4. The Morgan fingerprint density at radius 2 is 2.08 bits per heavy atom. The molecule has 0 fully saturated rings. The molecule has 0 saturated carbocycles. The quantitative estimate of drug-likeness (QED) is 0.774. The van der Waals surface area contributed by atoms with Crippen LogP contribution in [0.1, 0.15) is 28.3 Å². The van der Waals surface area contributed by atoms with Gasteiger partial charge in [0.15, 0.2) is 0 Å². The molecule has 0 aliphatic rings. The summed E-state index contributed by atoms with van der Waals surface area (Å²) in [5.74, 6) is -1.33. The molecule has 5 heteroatoms. The summed E-state index contributed by atoms with van der Waals surface area (Å²) in [6.45, 7) is 0.140. The third-order valence-electron chi connectivity index (χ3n) is 1.82. The van der Waals surface area contributed by atoms with Crippen LogP contribution in [0.3, 0.4) is 0 Å². The number of alkyl halides is 2. The number of carboxylic acids is 1. The third kappa shape index (κ3) is 1.54. The van der Waals surface area contributed by atoms with Crippen molar-refractivity contribution in [2.75, 3.05) is 0 Å². The molecule has 1 heterocycles. The molecule has 3 nitrogen and oxygen atoms in total. The molecule has 0 aliphatic carbocycles. The molecule has 0 spiro atoms. The second-order valence-corrected chi connectivity index (χ2v) is 2.77. The van der Waals surface area contributed by atoms with Crippen molar-refractivity contribution in [3.05, 3.63) is 23.0 Å². The summed E-state index contributed by atoms with van der Waals surface area (Å²) in [7, 11) is 0. The Bertz CT molecular complexity index is 344. The zero-order valence-electron chi connectivity index (χ0n) is 7.21. The number of aromatic nitrogens is 1. The lowest BCUT2D eigenvalue weighted by Crippen LogP contribution is -2.11. The number of rotatable bonds is 2. The van der Waals surface area contributed by atoms with Crippen LogP contribution in [0.5, 0.6) is 0 Å². The molecule has 1 aromatic rings. The van der Waals surface area contributed by atoms with Crippen molar-refractivity contribution in [1.29, 1.82) is 0 Å². The fourth-order valence-corrected chi connectivity index (χ4v) is 1.34. The Kier molecular flexibility index (Phi) is 2.36. The first-order chi connectivity index (χ1) is 5.95. The van der Waals surface area contributed by atoms with Gasteiger partial charge >= 0.3 is 12.5 Å². The molecule has 1 rings (SSSR count). The van der Waals surface area contributed by atoms with E-state index in [1.165, 1.54) is 19.9 Å². The summed E-state index contributed by atoms with van der Waals surface area (Å²) < 4.78 is 25.2. The van der Waals surface area contributed by atoms with Crippen molar-refractivity contribution in [3.63, 3.8) is 0 Å². The van der Waals surface area contributed by atoms with Crippen molar-refractivity contribution in [2.24, 2.45) is 0 Å². The predicted molar refractivity (Wildman–Crippen MR) is 42.1 cm³/mol. The lowest BCUT2D eigenvalue weighted by molar-refractivity contribution is 0.0515. The third-order valence-corrected chi connectivity index (χ3v) is 1.82. The average molecular weight is 189 g/mol. The Morgan fingerprint density at radius 3 is 2.38 bits per heavy atom. The van der Waals surface area contributed by atoms with Gasteiger partial charge in [0.1, 0.15) is 5.69 Å². The van der Waals surface area contributed by atoms with E-state index in [0.29, 0.717) is 10.1 Å². The van der Waals surface area contributed by atoms with Gasteiger partial charge in [0, 0.05) is 5.69 Å². The molecule has 0 unspecified atom stereocenters. The first-order valence-corrected chi connectivity index (χ1v) is 3.65. The van der Waals surface area contributed by atoms with Crippen molar-refractivity contribution in [1.82, 2.24) is 4.57 Å². The highest BCUT2D eigenvalue weighted by Crippen LogP contribution is 2.22. The number of halogens is 2. The molecule has 72 valence electrons. The highest BCUT2D eigenvalue weighted by atomic mass is 19.3. The van der Waals surface area contributed by atoms with Gasteiger partial charge in [-0.05, 0) is 25.5 Å². The summed E-state index contributed by atoms with van der Waals surface area (Å²) >= 11 is 0. The van der Waals surface area contributed by atoms with Gasteiger partial charge in [-0.2, -0.15) is 8.78 Å². The van der Waals surface area contributed by atoms with Crippen molar-refractivity contribution in [2.45, 2.75) is 20.4 Å². The largest absolute Gasteiger partial charge is 0.477 e. The number of aromatic carboxylic acids is 1. The first kappa shape index (κ1) is 9.70. The minimum absolute atomic E-state index is 0.255. The van der Waals surface area contributed by atoms with E-state index in [-0.39, 0.29) is 11.4 Å². The number of nitrogens with zero attached hydrogens (tertiary/aromatic N) is 1. The van der Waals surface area contributed by atoms with Crippen LogP contribution in [-0.2, 0) is 0 Å². The normalized spacial score (nSPS) is 10.8. The Hall–Kier alpha value is -1.39. The van der Waals surface area contributed by atoms with E-state index in [0.717, 1.165) is 0 Å². The number of hydrogen-bond donors (Lipinski definition) is 1. The summed E-state index contributed by atoms with van der Waals surface area (Å²) in [5, 5.41) is 8.65. The van der Waals surface area contributed by atoms with Crippen molar-refractivity contribution < 1.29 is 18.7 Å². The molecule has 0 amide bonds. The van der Waals surface area contributed by atoms with E-state index >= 15 is 0 Å². The maximum atomic E-state index is 12.4. The van der Waals surface area contributed by atoms with Gasteiger partial charge in [-0.1, -0.05) is 0 Å². The molecule has 0 aliphatic heterocycles. The second-order valence-electron chi connectivity index (χ2n) is 2.77. The summed E-state index contributed by atoms with van der Waals surface area (Å²) in [4.78, 5) is 10.6. The summed E-state index contributed by atoms with van der Waals surface area (Å²) in [6, 6.07) is 1.43. The van der Waals surface area contributed by atoms with Crippen LogP contribution in [0.25, 0.3) is 0 Å². The van der Waals surface area contributed by atoms with Crippen LogP contribution in [0.4, 0.5) is 8.78 Å². The minimum Gasteiger partial charge on any atom is -0.477 e. The number of hydrogen-bond acceptors (Lipinski definition) is 1. The van der Waals surface area contributed by atoms with E-state index in [9.17, 15) is 13.6 Å². The molecule has 0 bridgehead atoms. The van der Waals surface area contributed by atoms with Crippen LogP contribution < -0.4 is 0 Å². The van der Waals surface area contributed by atoms with Gasteiger partial charge in [0.05, 0.1) is 0 Å². The second kappa shape index (κ2) is 3.16. The Balaban J connectivity index is 3.38. The van der Waals surface area contributed by atoms with E-state index in [1.807, 2.05) is 0 Å². The van der Waals surface area contributed by atoms with Gasteiger partial charge in [0.2, 0.25) is 0 Å². The van der Waals surface area contributed by atoms with E-state index in [2.05, 4.69) is 0 Å². The van der Waals surface area contributed by atoms with Crippen LogP contribution in [0.15, 0.2) is 6.07 Å². The van der Waals surface area contributed by atoms with Crippen LogP contribution >= 0.6 is 0 Å². The molecule has 1 N–H and O–H groups in total. The van der Waals surface area contributed by atoms with E-state index < -0.39 is 12.5 Å². The molecule has 0 atom stereocenters. The maximum Gasteiger partial charge on any atom is 0.352 e. The number of carbonyl (C=O) groups is 1. The van der Waals surface area contributed by atoms with Crippen LogP contribution in [0.2, 0.25) is 0 Å². The van der Waals surface area contributed by atoms with Gasteiger partial charge in [0.25, 0.3) is 0 Å². The SMILES string of the molecule is Cc1cc(C)n(C(F)F)c1C(=O)O. The topological polar surface area (TPSA) is 42.2 Å². The Labute approximate surface area is 73.6 Å². The fourth-order valence-electron chi connectivity index (χ4n) is 1.34. The van der Waals surface area contributed by atoms with Gasteiger partial charge in [-0.25, -0.2) is 4.79 Å². The fraction of sp³-hybridized carbons (Fsp3) is 0.375. The molecule has 0 saturated heterocycles. The van der Waals surface area contributed by atoms with Crippen LogP contribution in [0, 0.1) is 13.8 Å². The smallest absolute Gasteiger partial charge is 0.352 e. The highest BCUT2D eigenvalue weighted by molar-refractivity contribution is 5.87. The Morgan fingerprint density at radius 1 is 1.54 bits per heavy atom. The standard InChI is InChI=1S/C8H9F2NO2/c1-4-3-5(2)11(8(9)10)6(4)7(12)13/h3,8H,1-2H3,(H,12,13). The van der Waals surface area contributed by atoms with E-state index in [4.69, 9.17) is 5.11 Å². The molecule has 13 heavy (non-hydrogen) atoms. The van der Waals surface area contributed by atoms with Crippen LogP contribution in [-0.4, -0.2) is 15.6 Å². The molecular weight excluding hydrogens is 180 g/mol. The molecule has 1 aromatic heterocycles. The number of aryl methyl sites for hydroxylation is 2. The molecule has 0 radical (unpaired) electrons. The lowest BCUT2D eigenvalue weighted by Gasteiger charge is -2.06. The van der Waals surface area contributed by atoms with Gasteiger partial charge in [-0.15, -0.1) is 0 Å². The highest BCUT2D eigenvalue weighted by Gasteiger charge is 2.21. The monoisotopic (exact) mass is 189 g/mol. The summed E-state index contributed by atoms with van der Waals surface area (Å²) in [6.07, 6.45) is 0. The number of carboxylic acid groups (broad SMARTS) is 1. The van der Waals surface area contributed by atoms with Gasteiger partial charge < -0.3 is 5.11 Å². The van der Waals surface area contributed by atoms with Gasteiger partial charge in [-0.3, -0.25) is 4.57 Å². The summed E-state index contributed by atoms with van der Waals surface area (Å²) in [5.41, 5.74) is 0.266. The first-order valence-electron chi connectivity index (χ1n) is 3.65. The molecule has 0 aromatic carbocycles. The van der Waals surface area contributed by atoms with Crippen molar-refractivity contribution in [3.8, 4) is 0 Å². The average Bonchev–Trinajstić information content (AvgIpc) is 2.24. The lowest BCUT2D eigenvalue weighted by atomic mass is 10.3. The zero-order valence-corrected chi connectivity index (χ0v) is 7.21. The molecular formula is C8H9F2NO2. The van der Waals surface area contributed by atoms with Crippen molar-refractivity contribution >= 4 is 5.97 Å².